The molecule has 3 aromatic rings. The minimum absolute atomic E-state index is 0.133. The fourth-order valence-electron chi connectivity index (χ4n) is 3.02. The molecule has 0 radical (unpaired) electrons. The number of primary amides is 1. The van der Waals surface area contributed by atoms with Crippen LogP contribution in [0.2, 0.25) is 0 Å². The Morgan fingerprint density at radius 2 is 1.90 bits per heavy atom. The number of halogens is 1. The molecule has 0 aliphatic carbocycles. The van der Waals surface area contributed by atoms with Crippen molar-refractivity contribution in [3.8, 4) is 16.9 Å². The summed E-state index contributed by atoms with van der Waals surface area (Å²) in [6, 6.07) is 15.2. The average molecular weight is 395 g/mol. The zero-order valence-electron chi connectivity index (χ0n) is 15.5. The minimum atomic E-state index is -0.666. The third-order valence-corrected chi connectivity index (χ3v) is 4.37. The number of ether oxygens (including phenoxy) is 1. The largest absolute Gasteiger partial charge is 0.496 e. The predicted molar refractivity (Wildman–Crippen MR) is 107 cm³/mol. The van der Waals surface area contributed by atoms with E-state index in [-0.39, 0.29) is 23.4 Å². The third-order valence-electron chi connectivity index (χ3n) is 4.37. The Hall–Kier alpha value is -3.94. The fraction of sp³-hybridized carbons (Fsp3) is 0.0952. The van der Waals surface area contributed by atoms with Crippen molar-refractivity contribution < 1.29 is 18.8 Å². The van der Waals surface area contributed by atoms with Crippen LogP contribution in [0.4, 0.5) is 20.6 Å². The molecule has 3 rings (SSSR count). The molecular weight excluding hydrogens is 377 g/mol. The van der Waals surface area contributed by atoms with Crippen molar-refractivity contribution in [3.05, 3.63) is 87.7 Å². The maximum absolute atomic E-state index is 15.4. The summed E-state index contributed by atoms with van der Waals surface area (Å²) < 4.78 is 20.6. The first kappa shape index (κ1) is 19.8. The zero-order chi connectivity index (χ0) is 21.0. The summed E-state index contributed by atoms with van der Waals surface area (Å²) in [4.78, 5) is 21.4. The number of hydrogen-bond acceptors (Lipinski definition) is 4. The molecule has 0 fully saturated rings. The monoisotopic (exact) mass is 395 g/mol. The molecule has 0 saturated heterocycles. The van der Waals surface area contributed by atoms with Crippen LogP contribution in [0.1, 0.15) is 11.1 Å². The van der Waals surface area contributed by atoms with E-state index >= 15 is 4.39 Å². The highest BCUT2D eigenvalue weighted by molar-refractivity contribution is 5.87. The summed E-state index contributed by atoms with van der Waals surface area (Å²) in [6.07, 6.45) is 0.286. The molecule has 0 aliphatic heterocycles. The number of nitrogens with one attached hydrogen (secondary N) is 1. The van der Waals surface area contributed by atoms with Crippen molar-refractivity contribution >= 4 is 17.4 Å². The number of methoxy groups -OCH3 is 1. The molecule has 29 heavy (non-hydrogen) atoms. The van der Waals surface area contributed by atoms with E-state index < -0.39 is 16.8 Å². The van der Waals surface area contributed by atoms with E-state index in [1.165, 1.54) is 25.3 Å². The molecule has 3 N–H and O–H groups in total. The molecule has 0 aromatic heterocycles. The number of amides is 2. The predicted octanol–water partition coefficient (Wildman–Crippen LogP) is 4.49. The van der Waals surface area contributed by atoms with Gasteiger partial charge in [-0.25, -0.2) is 9.18 Å². The number of carbonyl (C=O) groups is 1. The molecule has 0 aliphatic rings. The van der Waals surface area contributed by atoms with E-state index in [0.717, 1.165) is 5.56 Å². The smallest absolute Gasteiger partial charge is 0.316 e. The maximum Gasteiger partial charge on any atom is 0.316 e. The van der Waals surface area contributed by atoms with Gasteiger partial charge in [0, 0.05) is 24.2 Å². The number of hydrogen-bond donors (Lipinski definition) is 2. The number of rotatable bonds is 6. The lowest BCUT2D eigenvalue weighted by molar-refractivity contribution is -0.384. The maximum atomic E-state index is 15.4. The Kier molecular flexibility index (Phi) is 5.73. The number of nitro benzene ring substituents is 1. The summed E-state index contributed by atoms with van der Waals surface area (Å²) >= 11 is 0. The van der Waals surface area contributed by atoms with E-state index in [1.807, 2.05) is 0 Å². The summed E-state index contributed by atoms with van der Waals surface area (Å²) in [7, 11) is 1.42. The van der Waals surface area contributed by atoms with E-state index in [2.05, 4.69) is 5.32 Å². The second kappa shape index (κ2) is 8.39. The van der Waals surface area contributed by atoms with Crippen LogP contribution >= 0.6 is 0 Å². The van der Waals surface area contributed by atoms with Crippen LogP contribution in [0.25, 0.3) is 11.1 Å². The lowest BCUT2D eigenvalue weighted by Gasteiger charge is -2.14. The van der Waals surface area contributed by atoms with Gasteiger partial charge in [0.2, 0.25) is 0 Å². The number of nitro groups is 1. The van der Waals surface area contributed by atoms with Gasteiger partial charge in [0.15, 0.2) is 0 Å². The topological polar surface area (TPSA) is 107 Å². The van der Waals surface area contributed by atoms with Crippen molar-refractivity contribution in [1.82, 2.24) is 0 Å². The van der Waals surface area contributed by atoms with Gasteiger partial charge in [0.25, 0.3) is 5.69 Å². The van der Waals surface area contributed by atoms with Crippen LogP contribution in [-0.4, -0.2) is 18.1 Å². The lowest BCUT2D eigenvalue weighted by Crippen LogP contribution is -2.19. The van der Waals surface area contributed by atoms with Crippen LogP contribution in [0.15, 0.2) is 60.7 Å². The van der Waals surface area contributed by atoms with E-state index in [0.29, 0.717) is 16.8 Å². The number of anilines is 1. The van der Waals surface area contributed by atoms with Crippen molar-refractivity contribution in [2.75, 3.05) is 12.4 Å². The molecule has 0 bridgehead atoms. The van der Waals surface area contributed by atoms with E-state index in [4.69, 9.17) is 10.5 Å². The van der Waals surface area contributed by atoms with Gasteiger partial charge >= 0.3 is 6.03 Å². The second-order valence-corrected chi connectivity index (χ2v) is 6.29. The molecule has 0 heterocycles. The first-order valence-electron chi connectivity index (χ1n) is 8.64. The molecule has 0 saturated carbocycles. The first-order valence-corrected chi connectivity index (χ1v) is 8.64. The molecule has 2 amide bonds. The van der Waals surface area contributed by atoms with Crippen LogP contribution < -0.4 is 15.8 Å². The van der Waals surface area contributed by atoms with Crippen molar-refractivity contribution in [3.63, 3.8) is 0 Å². The van der Waals surface area contributed by atoms with E-state index in [9.17, 15) is 14.9 Å². The Labute approximate surface area is 166 Å². The van der Waals surface area contributed by atoms with Crippen LogP contribution in [-0.2, 0) is 6.42 Å². The standard InChI is InChI=1S/C21H18FN3O4/c1-29-18-10-7-15(11-13-5-8-16(9-6-13)24-21(23)26)20(22)19(18)14-3-2-4-17(12-14)25(27)28/h2-10,12H,11H2,1H3,(H3,23,24,26). The quantitative estimate of drug-likeness (QED) is 0.473. The number of nitrogens with two attached hydrogens (primary N) is 1. The van der Waals surface area contributed by atoms with Gasteiger partial charge in [-0.3, -0.25) is 10.1 Å². The molecule has 0 unspecified atom stereocenters. The second-order valence-electron chi connectivity index (χ2n) is 6.29. The number of carbonyl (C=O) groups excluding carboxylic acids is 1. The van der Waals surface area contributed by atoms with Crippen LogP contribution in [0, 0.1) is 15.9 Å². The van der Waals surface area contributed by atoms with E-state index in [1.54, 1.807) is 42.5 Å². The number of nitrogens with zero attached hydrogens (tertiary/aromatic N) is 1. The Morgan fingerprint density at radius 3 is 2.52 bits per heavy atom. The summed E-state index contributed by atoms with van der Waals surface area (Å²) in [5.41, 5.74) is 7.23. The molecule has 3 aromatic carbocycles. The lowest BCUT2D eigenvalue weighted by atomic mass is 9.96. The molecule has 0 atom stereocenters. The van der Waals surface area contributed by atoms with Gasteiger partial charge in [0.1, 0.15) is 11.6 Å². The third kappa shape index (κ3) is 4.49. The van der Waals surface area contributed by atoms with Crippen molar-refractivity contribution in [2.24, 2.45) is 5.73 Å². The van der Waals surface area contributed by atoms with Gasteiger partial charge < -0.3 is 15.8 Å². The fourth-order valence-corrected chi connectivity index (χ4v) is 3.02. The van der Waals surface area contributed by atoms with Gasteiger partial charge in [-0.2, -0.15) is 0 Å². The minimum Gasteiger partial charge on any atom is -0.496 e. The molecule has 7 nitrogen and oxygen atoms in total. The number of benzene rings is 3. The molecular formula is C21H18FN3O4. The first-order chi connectivity index (χ1) is 13.9. The summed E-state index contributed by atoms with van der Waals surface area (Å²) in [5.74, 6) is -0.225. The van der Waals surface area contributed by atoms with Gasteiger partial charge in [-0.15, -0.1) is 0 Å². The molecule has 0 spiro atoms. The SMILES string of the molecule is COc1ccc(Cc2ccc(NC(N)=O)cc2)c(F)c1-c1cccc([N+](=O)[O-])c1. The van der Waals surface area contributed by atoms with Crippen molar-refractivity contribution in [1.29, 1.82) is 0 Å². The highest BCUT2D eigenvalue weighted by Gasteiger charge is 2.18. The summed E-state index contributed by atoms with van der Waals surface area (Å²) in [5, 5.41) is 13.5. The number of non-ortho nitro benzene ring substituents is 1. The van der Waals surface area contributed by atoms with Crippen molar-refractivity contribution in [2.45, 2.75) is 6.42 Å². The van der Waals surface area contributed by atoms with Gasteiger partial charge in [-0.1, -0.05) is 30.3 Å². The Morgan fingerprint density at radius 1 is 1.17 bits per heavy atom. The highest BCUT2D eigenvalue weighted by atomic mass is 19.1. The summed E-state index contributed by atoms with van der Waals surface area (Å²) in [6.45, 7) is 0. The normalized spacial score (nSPS) is 10.4. The zero-order valence-corrected chi connectivity index (χ0v) is 15.5. The molecule has 148 valence electrons. The highest BCUT2D eigenvalue weighted by Crippen LogP contribution is 2.36. The van der Waals surface area contributed by atoms with Gasteiger partial charge in [-0.05, 0) is 34.9 Å². The average Bonchev–Trinajstić information content (AvgIpc) is 2.70. The van der Waals surface area contributed by atoms with Crippen LogP contribution in [0.3, 0.4) is 0 Å². The molecule has 8 heteroatoms. The number of urea groups is 1. The Bertz CT molecular complexity index is 1070. The Balaban J connectivity index is 1.98. The van der Waals surface area contributed by atoms with Gasteiger partial charge in [0.05, 0.1) is 17.6 Å². The van der Waals surface area contributed by atoms with Crippen LogP contribution in [0.5, 0.6) is 5.75 Å².